The second-order valence-electron chi connectivity index (χ2n) is 5.13. The Morgan fingerprint density at radius 3 is 2.53 bits per heavy atom. The van der Waals surface area contributed by atoms with Gasteiger partial charge in [-0.25, -0.2) is 0 Å². The minimum atomic E-state index is -0.832. The molecular formula is C12H17N3O3S. The molecule has 1 aromatic rings. The Morgan fingerprint density at radius 1 is 1.32 bits per heavy atom. The highest BCUT2D eigenvalue weighted by Crippen LogP contribution is 2.44. The number of carboxylic acids is 1. The second kappa shape index (κ2) is 5.64. The van der Waals surface area contributed by atoms with E-state index < -0.39 is 5.97 Å². The average Bonchev–Trinajstić information content (AvgIpc) is 2.87. The molecule has 0 radical (unpaired) electrons. The molecule has 1 aliphatic rings. The van der Waals surface area contributed by atoms with Crippen molar-refractivity contribution in [3.05, 3.63) is 5.01 Å². The van der Waals surface area contributed by atoms with Crippen LogP contribution in [0.3, 0.4) is 0 Å². The third kappa shape index (κ3) is 3.73. The SMILES string of the molecule is Cc1nnc(NC(=O)CC2(CC(=O)O)CCCC2)s1. The van der Waals surface area contributed by atoms with Gasteiger partial charge >= 0.3 is 5.97 Å². The number of hydrogen-bond acceptors (Lipinski definition) is 5. The van der Waals surface area contributed by atoms with Crippen molar-refractivity contribution in [3.63, 3.8) is 0 Å². The van der Waals surface area contributed by atoms with Crippen LogP contribution in [0.15, 0.2) is 0 Å². The van der Waals surface area contributed by atoms with Crippen molar-refractivity contribution in [1.29, 1.82) is 0 Å². The zero-order valence-corrected chi connectivity index (χ0v) is 11.6. The van der Waals surface area contributed by atoms with E-state index in [0.29, 0.717) is 5.13 Å². The van der Waals surface area contributed by atoms with E-state index in [0.717, 1.165) is 30.7 Å². The standard InChI is InChI=1S/C12H17N3O3S/c1-8-14-15-11(19-8)13-9(16)6-12(7-10(17)18)4-2-3-5-12/h2-7H2,1H3,(H,17,18)(H,13,15,16). The molecule has 0 aliphatic heterocycles. The Kier molecular flexibility index (Phi) is 4.14. The fraction of sp³-hybridized carbons (Fsp3) is 0.667. The highest BCUT2D eigenvalue weighted by molar-refractivity contribution is 7.15. The van der Waals surface area contributed by atoms with E-state index in [2.05, 4.69) is 15.5 Å². The van der Waals surface area contributed by atoms with E-state index in [1.54, 1.807) is 0 Å². The summed E-state index contributed by atoms with van der Waals surface area (Å²) >= 11 is 1.32. The summed E-state index contributed by atoms with van der Waals surface area (Å²) in [7, 11) is 0. The first-order chi connectivity index (χ1) is 8.99. The summed E-state index contributed by atoms with van der Waals surface area (Å²) in [6.07, 6.45) is 3.92. The van der Waals surface area contributed by atoms with E-state index in [1.807, 2.05) is 6.92 Å². The summed E-state index contributed by atoms with van der Waals surface area (Å²) in [5.41, 5.74) is -0.379. The lowest BCUT2D eigenvalue weighted by Gasteiger charge is -2.25. The quantitative estimate of drug-likeness (QED) is 0.864. The van der Waals surface area contributed by atoms with Gasteiger partial charge in [0, 0.05) is 6.42 Å². The molecule has 0 aromatic carbocycles. The smallest absolute Gasteiger partial charge is 0.303 e. The summed E-state index contributed by atoms with van der Waals surface area (Å²) in [6, 6.07) is 0. The van der Waals surface area contributed by atoms with Crippen molar-refractivity contribution >= 4 is 28.3 Å². The van der Waals surface area contributed by atoms with Gasteiger partial charge in [0.1, 0.15) is 5.01 Å². The van der Waals surface area contributed by atoms with E-state index in [9.17, 15) is 9.59 Å². The first-order valence-corrected chi connectivity index (χ1v) is 7.13. The molecule has 0 saturated heterocycles. The largest absolute Gasteiger partial charge is 0.481 e. The summed E-state index contributed by atoms with van der Waals surface area (Å²) in [6.45, 7) is 1.82. The molecule has 7 heteroatoms. The highest BCUT2D eigenvalue weighted by Gasteiger charge is 2.38. The lowest BCUT2D eigenvalue weighted by atomic mass is 9.79. The van der Waals surface area contributed by atoms with Crippen molar-refractivity contribution in [2.24, 2.45) is 5.41 Å². The molecule has 1 aromatic heterocycles. The van der Waals surface area contributed by atoms with Crippen LogP contribution in [-0.4, -0.2) is 27.2 Å². The van der Waals surface area contributed by atoms with E-state index >= 15 is 0 Å². The molecule has 0 bridgehead atoms. The number of carbonyl (C=O) groups is 2. The van der Waals surface area contributed by atoms with E-state index in [1.165, 1.54) is 11.3 Å². The zero-order valence-electron chi connectivity index (χ0n) is 10.8. The maximum Gasteiger partial charge on any atom is 0.303 e. The molecular weight excluding hydrogens is 266 g/mol. The zero-order chi connectivity index (χ0) is 13.9. The molecule has 0 unspecified atom stereocenters. The third-order valence-corrected chi connectivity index (χ3v) is 4.25. The normalized spacial score (nSPS) is 17.3. The van der Waals surface area contributed by atoms with E-state index in [4.69, 9.17) is 5.11 Å². The number of carboxylic acid groups (broad SMARTS) is 1. The molecule has 104 valence electrons. The molecule has 1 fully saturated rings. The lowest BCUT2D eigenvalue weighted by Crippen LogP contribution is -2.27. The number of nitrogens with zero attached hydrogens (tertiary/aromatic N) is 2. The topological polar surface area (TPSA) is 92.2 Å². The number of nitrogens with one attached hydrogen (secondary N) is 1. The first kappa shape index (κ1) is 13.9. The monoisotopic (exact) mass is 283 g/mol. The number of anilines is 1. The van der Waals surface area contributed by atoms with Crippen LogP contribution >= 0.6 is 11.3 Å². The van der Waals surface area contributed by atoms with Crippen LogP contribution in [0.5, 0.6) is 0 Å². The van der Waals surface area contributed by atoms with Gasteiger partial charge in [-0.05, 0) is 25.2 Å². The molecule has 19 heavy (non-hydrogen) atoms. The van der Waals surface area contributed by atoms with Crippen LogP contribution in [0.2, 0.25) is 0 Å². The van der Waals surface area contributed by atoms with Gasteiger partial charge in [-0.2, -0.15) is 0 Å². The third-order valence-electron chi connectivity index (χ3n) is 3.50. The number of hydrogen-bond donors (Lipinski definition) is 2. The molecule has 0 atom stereocenters. The molecule has 2 rings (SSSR count). The number of aryl methyl sites for hydroxylation is 1. The predicted octanol–water partition coefficient (Wildman–Crippen LogP) is 2.21. The van der Waals surface area contributed by atoms with Crippen molar-refractivity contribution in [3.8, 4) is 0 Å². The Labute approximate surface area is 115 Å². The average molecular weight is 283 g/mol. The minimum absolute atomic E-state index is 0.0650. The molecule has 1 amide bonds. The van der Waals surface area contributed by atoms with Gasteiger partial charge in [0.15, 0.2) is 0 Å². The Balaban J connectivity index is 1.97. The fourth-order valence-electron chi connectivity index (χ4n) is 2.71. The molecule has 2 N–H and O–H groups in total. The van der Waals surface area contributed by atoms with Crippen LogP contribution in [0.25, 0.3) is 0 Å². The van der Waals surface area contributed by atoms with Crippen molar-refractivity contribution < 1.29 is 14.7 Å². The maximum absolute atomic E-state index is 12.0. The van der Waals surface area contributed by atoms with Crippen LogP contribution < -0.4 is 5.32 Å². The van der Waals surface area contributed by atoms with Gasteiger partial charge in [-0.15, -0.1) is 10.2 Å². The van der Waals surface area contributed by atoms with Crippen molar-refractivity contribution in [2.45, 2.75) is 45.4 Å². The Bertz CT molecular complexity index is 480. The van der Waals surface area contributed by atoms with Crippen LogP contribution in [0, 0.1) is 12.3 Å². The summed E-state index contributed by atoms with van der Waals surface area (Å²) in [5, 5.41) is 20.6. The van der Waals surface area contributed by atoms with Gasteiger partial charge in [0.2, 0.25) is 11.0 Å². The van der Waals surface area contributed by atoms with Gasteiger partial charge in [-0.1, -0.05) is 24.2 Å². The number of aliphatic carboxylic acids is 1. The molecule has 0 spiro atoms. The first-order valence-electron chi connectivity index (χ1n) is 6.31. The fourth-order valence-corrected chi connectivity index (χ4v) is 3.32. The van der Waals surface area contributed by atoms with Gasteiger partial charge < -0.3 is 10.4 Å². The Hall–Kier alpha value is -1.50. The maximum atomic E-state index is 12.0. The van der Waals surface area contributed by atoms with Gasteiger partial charge in [0.05, 0.1) is 6.42 Å². The second-order valence-corrected chi connectivity index (χ2v) is 6.31. The summed E-state index contributed by atoms with van der Waals surface area (Å²) in [5.74, 6) is -0.999. The Morgan fingerprint density at radius 2 is 2.00 bits per heavy atom. The van der Waals surface area contributed by atoms with Gasteiger partial charge in [0.25, 0.3) is 0 Å². The van der Waals surface area contributed by atoms with Crippen LogP contribution in [0.4, 0.5) is 5.13 Å². The molecule has 6 nitrogen and oxygen atoms in total. The van der Waals surface area contributed by atoms with Crippen molar-refractivity contribution in [1.82, 2.24) is 10.2 Å². The molecule has 1 aliphatic carbocycles. The number of carbonyl (C=O) groups excluding carboxylic acids is 1. The number of amides is 1. The summed E-state index contributed by atoms with van der Waals surface area (Å²) in [4.78, 5) is 23.0. The van der Waals surface area contributed by atoms with Crippen LogP contribution in [0.1, 0.15) is 43.5 Å². The highest BCUT2D eigenvalue weighted by atomic mass is 32.1. The van der Waals surface area contributed by atoms with Crippen LogP contribution in [-0.2, 0) is 9.59 Å². The van der Waals surface area contributed by atoms with Crippen molar-refractivity contribution in [2.75, 3.05) is 5.32 Å². The van der Waals surface area contributed by atoms with Gasteiger partial charge in [-0.3, -0.25) is 9.59 Å². The van der Waals surface area contributed by atoms with E-state index in [-0.39, 0.29) is 24.2 Å². The predicted molar refractivity (Wildman–Crippen MR) is 71.0 cm³/mol. The lowest BCUT2D eigenvalue weighted by molar-refractivity contribution is -0.140. The molecule has 1 heterocycles. The number of rotatable bonds is 5. The summed E-state index contributed by atoms with van der Waals surface area (Å²) < 4.78 is 0. The molecule has 1 saturated carbocycles. The minimum Gasteiger partial charge on any atom is -0.481 e. The number of aromatic nitrogens is 2.